The van der Waals surface area contributed by atoms with Crippen molar-refractivity contribution in [2.45, 2.75) is 53.0 Å². The van der Waals surface area contributed by atoms with Crippen LogP contribution in [0, 0.1) is 12.8 Å². The van der Waals surface area contributed by atoms with Gasteiger partial charge in [0.05, 0.1) is 12.1 Å². The predicted molar refractivity (Wildman–Crippen MR) is 120 cm³/mol. The third-order valence-corrected chi connectivity index (χ3v) is 5.87. The van der Waals surface area contributed by atoms with Gasteiger partial charge in [0.15, 0.2) is 0 Å². The monoisotopic (exact) mass is 442 g/mol. The van der Waals surface area contributed by atoms with Crippen LogP contribution in [-0.2, 0) is 19.3 Å². The Balaban J connectivity index is 1.86. The molecule has 0 unspecified atom stereocenters. The van der Waals surface area contributed by atoms with Gasteiger partial charge in [0, 0.05) is 30.0 Å². The normalized spacial score (nSPS) is 12.8. The van der Waals surface area contributed by atoms with E-state index in [2.05, 4.69) is 29.7 Å². The van der Waals surface area contributed by atoms with Gasteiger partial charge in [-0.15, -0.1) is 0 Å². The van der Waals surface area contributed by atoms with Crippen LogP contribution in [-0.4, -0.2) is 21.4 Å². The summed E-state index contributed by atoms with van der Waals surface area (Å²) >= 11 is 0. The Morgan fingerprint density at radius 1 is 1.00 bits per heavy atom. The number of aromatic nitrogens is 1. The van der Waals surface area contributed by atoms with E-state index in [1.165, 1.54) is 23.3 Å². The van der Waals surface area contributed by atoms with Crippen LogP contribution < -0.4 is 0 Å². The first-order valence-electron chi connectivity index (χ1n) is 10.7. The molecule has 1 heterocycles. The van der Waals surface area contributed by atoms with Crippen LogP contribution in [0.1, 0.15) is 53.5 Å². The van der Waals surface area contributed by atoms with Crippen molar-refractivity contribution >= 4 is 5.91 Å². The van der Waals surface area contributed by atoms with Gasteiger partial charge in [0.25, 0.3) is 5.91 Å². The highest BCUT2D eigenvalue weighted by molar-refractivity contribution is 5.94. The van der Waals surface area contributed by atoms with Gasteiger partial charge in [-0.05, 0) is 61.7 Å². The van der Waals surface area contributed by atoms with Crippen LogP contribution >= 0.6 is 0 Å². The smallest absolute Gasteiger partial charge is 0.345 e. The van der Waals surface area contributed by atoms with Crippen LogP contribution in [0.5, 0.6) is 0 Å². The van der Waals surface area contributed by atoms with Crippen molar-refractivity contribution in [3.05, 3.63) is 94.8 Å². The van der Waals surface area contributed by atoms with Gasteiger partial charge in [-0.1, -0.05) is 43.7 Å². The van der Waals surface area contributed by atoms with Gasteiger partial charge in [-0.2, -0.15) is 13.2 Å². The molecule has 32 heavy (non-hydrogen) atoms. The molecule has 3 nitrogen and oxygen atoms in total. The lowest BCUT2D eigenvalue weighted by molar-refractivity contribution is -0.137. The first-order valence-corrected chi connectivity index (χ1v) is 10.7. The highest BCUT2D eigenvalue weighted by Gasteiger charge is 2.31. The lowest BCUT2D eigenvalue weighted by Crippen LogP contribution is -2.41. The van der Waals surface area contributed by atoms with Gasteiger partial charge < -0.3 is 9.47 Å². The summed E-state index contributed by atoms with van der Waals surface area (Å²) < 4.78 is 40.9. The number of nitrogens with zero attached hydrogens (tertiary/aromatic N) is 2. The Morgan fingerprint density at radius 3 is 2.28 bits per heavy atom. The highest BCUT2D eigenvalue weighted by atomic mass is 19.4. The average Bonchev–Trinajstić information content (AvgIpc) is 3.17. The van der Waals surface area contributed by atoms with Crippen LogP contribution in [0.15, 0.2) is 66.9 Å². The molecule has 0 saturated carbocycles. The van der Waals surface area contributed by atoms with E-state index in [1.54, 1.807) is 4.90 Å². The van der Waals surface area contributed by atoms with Crippen molar-refractivity contribution < 1.29 is 18.0 Å². The van der Waals surface area contributed by atoms with E-state index in [0.29, 0.717) is 13.1 Å². The van der Waals surface area contributed by atoms with Crippen molar-refractivity contribution in [3.63, 3.8) is 0 Å². The van der Waals surface area contributed by atoms with Crippen LogP contribution in [0.4, 0.5) is 13.2 Å². The number of aryl methyl sites for hydroxylation is 1. The highest BCUT2D eigenvalue weighted by Crippen LogP contribution is 2.29. The third-order valence-electron chi connectivity index (χ3n) is 5.87. The molecule has 0 spiro atoms. The number of carbonyl (C=O) groups is 1. The Hall–Kier alpha value is -3.02. The predicted octanol–water partition coefficient (Wildman–Crippen LogP) is 6.55. The van der Waals surface area contributed by atoms with Crippen molar-refractivity contribution in [2.24, 2.45) is 5.92 Å². The maximum Gasteiger partial charge on any atom is 0.416 e. The van der Waals surface area contributed by atoms with Crippen LogP contribution in [0.2, 0.25) is 0 Å². The van der Waals surface area contributed by atoms with Crippen molar-refractivity contribution in [1.82, 2.24) is 9.47 Å². The summed E-state index contributed by atoms with van der Waals surface area (Å²) in [5.74, 6) is -0.0863. The molecule has 0 fully saturated rings. The number of hydrogen-bond donors (Lipinski definition) is 0. The summed E-state index contributed by atoms with van der Waals surface area (Å²) in [6.45, 7) is 9.14. The largest absolute Gasteiger partial charge is 0.416 e. The molecule has 0 aliphatic heterocycles. The number of alkyl halides is 3. The second-order valence-electron chi connectivity index (χ2n) is 8.61. The first-order chi connectivity index (χ1) is 15.1. The second kappa shape index (κ2) is 9.63. The number of halogens is 3. The summed E-state index contributed by atoms with van der Waals surface area (Å²) in [6.07, 6.45) is -2.44. The Kier molecular flexibility index (Phi) is 7.12. The SMILES string of the molecule is Cc1cccc(Cn2cccc2CN(C(=O)c2ccc(C(F)(F)F)cc2)[C@H](C)C(C)C)c1. The molecule has 170 valence electrons. The zero-order valence-electron chi connectivity index (χ0n) is 18.9. The maximum atomic E-state index is 13.3. The summed E-state index contributed by atoms with van der Waals surface area (Å²) in [6, 6.07) is 16.6. The quantitative estimate of drug-likeness (QED) is 0.407. The molecule has 1 aromatic heterocycles. The number of hydrogen-bond acceptors (Lipinski definition) is 1. The topological polar surface area (TPSA) is 25.2 Å². The Morgan fingerprint density at radius 2 is 1.69 bits per heavy atom. The Labute approximate surface area is 187 Å². The van der Waals surface area contributed by atoms with E-state index < -0.39 is 11.7 Å². The number of amides is 1. The van der Waals surface area contributed by atoms with Crippen molar-refractivity contribution in [3.8, 4) is 0 Å². The minimum Gasteiger partial charge on any atom is -0.345 e. The molecule has 0 aliphatic carbocycles. The first kappa shape index (κ1) is 23.6. The lowest BCUT2D eigenvalue weighted by atomic mass is 10.0. The molecule has 0 N–H and O–H groups in total. The van der Waals surface area contributed by atoms with E-state index >= 15 is 0 Å². The van der Waals surface area contributed by atoms with E-state index in [0.717, 1.165) is 17.8 Å². The van der Waals surface area contributed by atoms with Crippen molar-refractivity contribution in [1.29, 1.82) is 0 Å². The molecule has 0 bridgehead atoms. The number of benzene rings is 2. The van der Waals surface area contributed by atoms with Crippen LogP contribution in [0.3, 0.4) is 0 Å². The van der Waals surface area contributed by atoms with E-state index in [-0.39, 0.29) is 23.4 Å². The average molecular weight is 443 g/mol. The summed E-state index contributed by atoms with van der Waals surface area (Å²) in [4.78, 5) is 15.1. The standard InChI is InChI=1S/C26H29F3N2O/c1-18(2)20(4)31(25(32)22-10-12-23(13-11-22)26(27,28)29)17-24-9-6-14-30(24)16-21-8-5-7-19(3)15-21/h5-15,18,20H,16-17H2,1-4H3/t20-/m1/s1. The molecule has 1 amide bonds. The Bertz CT molecular complexity index is 1050. The number of rotatable bonds is 7. The maximum absolute atomic E-state index is 13.3. The van der Waals surface area contributed by atoms with E-state index in [4.69, 9.17) is 0 Å². The minimum atomic E-state index is -4.43. The van der Waals surface area contributed by atoms with Gasteiger partial charge in [0.2, 0.25) is 0 Å². The fraction of sp³-hybridized carbons (Fsp3) is 0.346. The van der Waals surface area contributed by atoms with Gasteiger partial charge in [-0.25, -0.2) is 0 Å². The lowest BCUT2D eigenvalue weighted by Gasteiger charge is -2.32. The molecule has 6 heteroatoms. The van der Waals surface area contributed by atoms with Gasteiger partial charge in [0.1, 0.15) is 0 Å². The molecule has 0 radical (unpaired) electrons. The third kappa shape index (κ3) is 5.61. The molecule has 0 saturated heterocycles. The zero-order valence-corrected chi connectivity index (χ0v) is 18.9. The molecule has 2 aromatic carbocycles. The molecular formula is C26H29F3N2O. The van der Waals surface area contributed by atoms with Crippen molar-refractivity contribution in [2.75, 3.05) is 0 Å². The summed E-state index contributed by atoms with van der Waals surface area (Å²) in [7, 11) is 0. The fourth-order valence-corrected chi connectivity index (χ4v) is 3.66. The zero-order chi connectivity index (χ0) is 23.5. The molecule has 1 atom stereocenters. The summed E-state index contributed by atoms with van der Waals surface area (Å²) in [5, 5.41) is 0. The molecule has 0 aliphatic rings. The van der Waals surface area contributed by atoms with Crippen LogP contribution in [0.25, 0.3) is 0 Å². The minimum absolute atomic E-state index is 0.0906. The second-order valence-corrected chi connectivity index (χ2v) is 8.61. The molecule has 3 aromatic rings. The number of carbonyl (C=O) groups excluding carboxylic acids is 1. The fourth-order valence-electron chi connectivity index (χ4n) is 3.66. The summed E-state index contributed by atoms with van der Waals surface area (Å²) in [5.41, 5.74) is 2.81. The van der Waals surface area contributed by atoms with Gasteiger partial charge in [-0.3, -0.25) is 4.79 Å². The molecule has 3 rings (SSSR count). The molecular weight excluding hydrogens is 413 g/mol. The van der Waals surface area contributed by atoms with E-state index in [1.807, 2.05) is 45.2 Å². The van der Waals surface area contributed by atoms with E-state index in [9.17, 15) is 18.0 Å². The van der Waals surface area contributed by atoms with Gasteiger partial charge >= 0.3 is 6.18 Å².